The summed E-state index contributed by atoms with van der Waals surface area (Å²) in [5, 5.41) is 4.64. The first-order valence-electron chi connectivity index (χ1n) is 27.1. The van der Waals surface area contributed by atoms with Crippen molar-refractivity contribution < 1.29 is 28.4 Å². The van der Waals surface area contributed by atoms with Crippen LogP contribution in [-0.2, 0) is 41.6 Å². The summed E-state index contributed by atoms with van der Waals surface area (Å²) in [6.45, 7) is 13.4. The number of rotatable bonds is 26. The van der Waals surface area contributed by atoms with Crippen molar-refractivity contribution in [2.45, 2.75) is 78.4 Å². The molecular weight excluding hydrogens is 921 g/mol. The van der Waals surface area contributed by atoms with Gasteiger partial charge >= 0.3 is 0 Å². The van der Waals surface area contributed by atoms with Crippen LogP contribution in [0.1, 0.15) is 76.3 Å². The van der Waals surface area contributed by atoms with Crippen LogP contribution in [0.25, 0.3) is 77.8 Å². The fourth-order valence-electron chi connectivity index (χ4n) is 10.7. The van der Waals surface area contributed by atoms with Crippen LogP contribution < -0.4 is 0 Å². The molecule has 2 saturated heterocycles. The second-order valence-corrected chi connectivity index (χ2v) is 20.8. The normalized spacial score (nSPS) is 15.1. The van der Waals surface area contributed by atoms with Crippen molar-refractivity contribution in [1.29, 1.82) is 0 Å². The molecule has 0 spiro atoms. The van der Waals surface area contributed by atoms with Crippen LogP contribution >= 0.6 is 0 Å². The topological polar surface area (TPSA) is 91.0 Å². The lowest BCUT2D eigenvalue weighted by molar-refractivity contribution is -0.150. The summed E-state index contributed by atoms with van der Waals surface area (Å²) in [7, 11) is 0. The van der Waals surface area contributed by atoms with Crippen LogP contribution in [0.2, 0.25) is 0 Å². The van der Waals surface area contributed by atoms with Gasteiger partial charge < -0.3 is 33.0 Å². The van der Waals surface area contributed by atoms with Crippen molar-refractivity contribution in [1.82, 2.24) is 19.1 Å². The van der Waals surface area contributed by atoms with Gasteiger partial charge in [-0.15, -0.1) is 0 Å². The third-order valence-electron chi connectivity index (χ3n) is 15.5. The second-order valence-electron chi connectivity index (χ2n) is 20.8. The van der Waals surface area contributed by atoms with Gasteiger partial charge in [-0.25, -0.2) is 9.97 Å². The number of ether oxygens (including phenoxy) is 6. The summed E-state index contributed by atoms with van der Waals surface area (Å²) in [5.41, 5.74) is 12.0. The molecule has 0 saturated carbocycles. The number of benzene rings is 6. The smallest absolute Gasteiger partial charge is 0.235 e. The summed E-state index contributed by atoms with van der Waals surface area (Å²) in [6, 6.07) is 51.8. The van der Waals surface area contributed by atoms with Crippen molar-refractivity contribution in [3.8, 4) is 34.2 Å². The fourth-order valence-corrected chi connectivity index (χ4v) is 10.7. The average Bonchev–Trinajstić information content (AvgIpc) is 3.95. The zero-order valence-corrected chi connectivity index (χ0v) is 43.2. The molecule has 382 valence electrons. The highest BCUT2D eigenvalue weighted by Crippen LogP contribution is 2.43. The fraction of sp³-hybridized carbons (Fsp3) is 0.375. The Bertz CT molecular complexity index is 3220. The van der Waals surface area contributed by atoms with E-state index < -0.39 is 0 Å². The van der Waals surface area contributed by atoms with E-state index in [0.29, 0.717) is 32.4 Å². The Morgan fingerprint density at radius 1 is 0.446 bits per heavy atom. The molecule has 0 unspecified atom stereocenters. The molecule has 3 aromatic heterocycles. The average molecular weight is 991 g/mol. The SMILES string of the molecule is CCC1(COCCCCCOCc2ccc3c(c2)c2c4c5cc(COCCCCCOCC6(CC)COC6)ccc5n(-c5nc(-c6ccccc6)cc(-c6ccccc6)n5)c4ccc2n3-c2ccccc2)COC1. The van der Waals surface area contributed by atoms with Crippen molar-refractivity contribution in [2.24, 2.45) is 10.8 Å². The lowest BCUT2D eigenvalue weighted by Gasteiger charge is -2.40. The predicted molar refractivity (Wildman–Crippen MR) is 297 cm³/mol. The van der Waals surface area contributed by atoms with Crippen LogP contribution in [0.15, 0.2) is 146 Å². The van der Waals surface area contributed by atoms with E-state index in [4.69, 9.17) is 38.4 Å². The lowest BCUT2D eigenvalue weighted by Crippen LogP contribution is -2.45. The molecule has 11 rings (SSSR count). The summed E-state index contributed by atoms with van der Waals surface area (Å²) in [4.78, 5) is 10.8. The van der Waals surface area contributed by atoms with E-state index in [1.807, 2.05) is 12.1 Å². The number of nitrogens with zero attached hydrogens (tertiary/aromatic N) is 4. The second kappa shape index (κ2) is 23.1. The molecule has 6 aromatic carbocycles. The van der Waals surface area contributed by atoms with Gasteiger partial charge in [0.15, 0.2) is 0 Å². The largest absolute Gasteiger partial charge is 0.381 e. The van der Waals surface area contributed by atoms with E-state index in [1.165, 1.54) is 10.8 Å². The summed E-state index contributed by atoms with van der Waals surface area (Å²) in [6.07, 6.45) is 8.40. The maximum absolute atomic E-state index is 6.43. The van der Waals surface area contributed by atoms with Gasteiger partial charge in [0, 0.05) is 75.6 Å². The Balaban J connectivity index is 0.933. The molecule has 0 bridgehead atoms. The predicted octanol–water partition coefficient (Wildman–Crippen LogP) is 14.3. The molecule has 10 nitrogen and oxygen atoms in total. The molecule has 5 heterocycles. The van der Waals surface area contributed by atoms with Crippen LogP contribution in [0.4, 0.5) is 0 Å². The minimum absolute atomic E-state index is 0.226. The summed E-state index contributed by atoms with van der Waals surface area (Å²) in [5.74, 6) is 0.619. The molecule has 0 aliphatic carbocycles. The van der Waals surface area contributed by atoms with E-state index in [-0.39, 0.29) is 10.8 Å². The van der Waals surface area contributed by atoms with Gasteiger partial charge in [-0.1, -0.05) is 105 Å². The Morgan fingerprint density at radius 2 is 0.865 bits per heavy atom. The first-order valence-corrected chi connectivity index (χ1v) is 27.1. The molecule has 9 aromatic rings. The van der Waals surface area contributed by atoms with E-state index in [2.05, 4.69) is 156 Å². The third-order valence-corrected chi connectivity index (χ3v) is 15.5. The molecule has 2 aliphatic rings. The van der Waals surface area contributed by atoms with Gasteiger partial charge in [-0.2, -0.15) is 0 Å². The quantitative estimate of drug-likeness (QED) is 0.0496. The van der Waals surface area contributed by atoms with Gasteiger partial charge in [0.1, 0.15) is 0 Å². The Kier molecular flexibility index (Phi) is 15.6. The summed E-state index contributed by atoms with van der Waals surface area (Å²) >= 11 is 0. The van der Waals surface area contributed by atoms with E-state index >= 15 is 0 Å². The standard InChI is InChI=1S/C64H70N4O6/c1-3-63(43-73-44-63)41-71-34-18-8-16-32-69-39-47-26-28-56-52(36-47)60-58(67(56)51-24-14-7-15-25-51)30-31-59-61(60)53-37-48(40-70-33-17-9-19-35-72-42-64(4-2)45-74-46-64)27-29-57(53)68(59)62-65-54(49-20-10-5-11-21-49)38-55(66-62)50-22-12-6-13-23-50/h5-7,10-15,20-31,36-38H,3-4,8-9,16-19,32-35,39-46H2,1-2H3. The first kappa shape index (κ1) is 49.9. The highest BCUT2D eigenvalue weighted by molar-refractivity contribution is 6.29. The maximum Gasteiger partial charge on any atom is 0.235 e. The van der Waals surface area contributed by atoms with E-state index in [0.717, 1.165) is 176 Å². The monoisotopic (exact) mass is 991 g/mol. The van der Waals surface area contributed by atoms with Crippen molar-refractivity contribution >= 4 is 43.6 Å². The number of hydrogen-bond donors (Lipinski definition) is 0. The van der Waals surface area contributed by atoms with Gasteiger partial charge in [-0.05, 0) is 117 Å². The number of para-hydroxylation sites is 1. The number of aromatic nitrogens is 4. The number of unbranched alkanes of at least 4 members (excludes halogenated alkanes) is 4. The van der Waals surface area contributed by atoms with Gasteiger partial charge in [-0.3, -0.25) is 4.57 Å². The minimum Gasteiger partial charge on any atom is -0.381 e. The maximum atomic E-state index is 6.43. The third kappa shape index (κ3) is 10.7. The molecule has 0 radical (unpaired) electrons. The molecule has 0 amide bonds. The summed E-state index contributed by atoms with van der Waals surface area (Å²) < 4.78 is 40.6. The van der Waals surface area contributed by atoms with Crippen LogP contribution in [0.3, 0.4) is 0 Å². The molecule has 2 fully saturated rings. The van der Waals surface area contributed by atoms with Crippen LogP contribution in [0.5, 0.6) is 0 Å². The van der Waals surface area contributed by atoms with Crippen molar-refractivity contribution in [3.05, 3.63) is 157 Å². The zero-order valence-electron chi connectivity index (χ0n) is 43.2. The van der Waals surface area contributed by atoms with E-state index in [1.54, 1.807) is 0 Å². The Labute approximate surface area is 435 Å². The molecule has 0 atom stereocenters. The van der Waals surface area contributed by atoms with Gasteiger partial charge in [0.05, 0.1) is 86.3 Å². The number of hydrogen-bond acceptors (Lipinski definition) is 8. The number of fused-ring (bicyclic) bond motifs is 7. The zero-order chi connectivity index (χ0) is 50.2. The molecule has 10 heteroatoms. The Morgan fingerprint density at radius 3 is 1.31 bits per heavy atom. The first-order chi connectivity index (χ1) is 36.5. The van der Waals surface area contributed by atoms with E-state index in [9.17, 15) is 0 Å². The lowest BCUT2D eigenvalue weighted by atomic mass is 9.84. The molecule has 2 aliphatic heterocycles. The van der Waals surface area contributed by atoms with Crippen LogP contribution in [0, 0.1) is 10.8 Å². The van der Waals surface area contributed by atoms with Crippen molar-refractivity contribution in [3.63, 3.8) is 0 Å². The van der Waals surface area contributed by atoms with Gasteiger partial charge in [0.25, 0.3) is 0 Å². The highest BCUT2D eigenvalue weighted by Gasteiger charge is 2.37. The Hall–Kier alpha value is -6.24. The minimum atomic E-state index is 0.226. The molecular formula is C64H70N4O6. The van der Waals surface area contributed by atoms with Crippen molar-refractivity contribution in [2.75, 3.05) is 66.1 Å². The molecule has 0 N–H and O–H groups in total. The highest BCUT2D eigenvalue weighted by atomic mass is 16.5. The molecule has 74 heavy (non-hydrogen) atoms. The van der Waals surface area contributed by atoms with Crippen LogP contribution in [-0.4, -0.2) is 85.2 Å². The van der Waals surface area contributed by atoms with Gasteiger partial charge in [0.2, 0.25) is 5.95 Å².